The Balaban J connectivity index is 5.39. The summed E-state index contributed by atoms with van der Waals surface area (Å²) in [5.41, 5.74) is -2.57. The van der Waals surface area contributed by atoms with E-state index in [0.717, 1.165) is 0 Å². The molecule has 5 N–H and O–H groups in total. The minimum atomic E-state index is -3.69. The van der Waals surface area contributed by atoms with Gasteiger partial charge in [0.25, 0.3) is 5.97 Å². The molecule has 10 nitrogen and oxygen atoms in total. The molecule has 0 aliphatic rings. The lowest BCUT2D eigenvalue weighted by molar-refractivity contribution is -0.336. The average molecular weight is 349 g/mol. The van der Waals surface area contributed by atoms with Gasteiger partial charge in [0.15, 0.2) is 0 Å². The van der Waals surface area contributed by atoms with E-state index in [9.17, 15) is 19.0 Å². The highest BCUT2D eigenvalue weighted by Gasteiger charge is 2.51. The molecule has 0 aromatic rings. The largest absolute Gasteiger partial charge is 0.465 e. The molecule has 0 rings (SSSR count). The van der Waals surface area contributed by atoms with Crippen LogP contribution in [0.4, 0.5) is 4.79 Å². The fourth-order valence-electron chi connectivity index (χ4n) is 2.08. The SMILES string of the molecule is CC(C)(CC(C)(C)C(O)(O[PH](=O)O)O[PH](=O)O)NC(=O)O. The van der Waals surface area contributed by atoms with Crippen LogP contribution in [0.15, 0.2) is 0 Å². The molecule has 2 atom stereocenters. The summed E-state index contributed by atoms with van der Waals surface area (Å²) in [7, 11) is -7.38. The standard InChI is InChI=1S/C9H21NO9P2/c1-7(2,5-8(3,4)10-6(11)12)9(13,18-20(14)15)19-21(16)17/h10,13,20-21H,5H2,1-4H3,(H,11,12)(H,14,15)(H,16,17). The van der Waals surface area contributed by atoms with Crippen LogP contribution in [-0.4, -0.2) is 37.6 Å². The molecular formula is C9H21NO9P2. The molecule has 2 unspecified atom stereocenters. The summed E-state index contributed by atoms with van der Waals surface area (Å²) in [5.74, 6) is -2.83. The Hall–Kier alpha value is -0.470. The molecule has 0 aliphatic heterocycles. The van der Waals surface area contributed by atoms with Crippen LogP contribution in [-0.2, 0) is 18.2 Å². The van der Waals surface area contributed by atoms with E-state index in [-0.39, 0.29) is 6.42 Å². The van der Waals surface area contributed by atoms with E-state index >= 15 is 0 Å². The summed E-state index contributed by atoms with van der Waals surface area (Å²) in [6.07, 6.45) is -1.44. The van der Waals surface area contributed by atoms with Crippen molar-refractivity contribution in [1.29, 1.82) is 0 Å². The molecular weight excluding hydrogens is 328 g/mol. The van der Waals surface area contributed by atoms with Crippen molar-refractivity contribution in [3.8, 4) is 0 Å². The molecule has 0 aromatic carbocycles. The summed E-state index contributed by atoms with van der Waals surface area (Å²) >= 11 is 0. The van der Waals surface area contributed by atoms with Gasteiger partial charge in [-0.05, 0) is 20.3 Å². The zero-order valence-corrected chi connectivity index (χ0v) is 14.0. The van der Waals surface area contributed by atoms with Crippen molar-refractivity contribution in [3.63, 3.8) is 0 Å². The van der Waals surface area contributed by atoms with Gasteiger partial charge < -0.3 is 25.3 Å². The second-order valence-corrected chi connectivity index (χ2v) is 7.16. The normalized spacial score (nSPS) is 18.6. The van der Waals surface area contributed by atoms with Gasteiger partial charge in [0, 0.05) is 11.0 Å². The number of aliphatic hydroxyl groups is 1. The van der Waals surface area contributed by atoms with Crippen LogP contribution < -0.4 is 5.32 Å². The topological polar surface area (TPSA) is 163 Å². The molecule has 0 radical (unpaired) electrons. The summed E-state index contributed by atoms with van der Waals surface area (Å²) in [5, 5.41) is 21.1. The zero-order valence-electron chi connectivity index (χ0n) is 12.0. The van der Waals surface area contributed by atoms with Gasteiger partial charge >= 0.3 is 22.6 Å². The first-order valence-electron chi connectivity index (χ1n) is 5.78. The maximum absolute atomic E-state index is 10.8. The third kappa shape index (κ3) is 6.88. The quantitative estimate of drug-likeness (QED) is 0.316. The predicted molar refractivity (Wildman–Crippen MR) is 73.2 cm³/mol. The minimum absolute atomic E-state index is 0.132. The van der Waals surface area contributed by atoms with Crippen LogP contribution >= 0.6 is 16.5 Å². The number of carboxylic acid groups (broad SMARTS) is 1. The third-order valence-electron chi connectivity index (χ3n) is 2.64. The second-order valence-electron chi connectivity index (χ2n) is 5.69. The van der Waals surface area contributed by atoms with Crippen molar-refractivity contribution in [1.82, 2.24) is 5.32 Å². The third-order valence-corrected chi connectivity index (χ3v) is 3.54. The number of hydrogen-bond acceptors (Lipinski definition) is 6. The highest BCUT2D eigenvalue weighted by Crippen LogP contribution is 2.47. The van der Waals surface area contributed by atoms with E-state index in [1.807, 2.05) is 0 Å². The second kappa shape index (κ2) is 7.19. The molecule has 21 heavy (non-hydrogen) atoms. The summed E-state index contributed by atoms with van der Waals surface area (Å²) in [6, 6.07) is 0. The molecule has 0 fully saturated rings. The van der Waals surface area contributed by atoms with Gasteiger partial charge in [-0.15, -0.1) is 0 Å². The molecule has 0 aliphatic carbocycles. The van der Waals surface area contributed by atoms with E-state index in [4.69, 9.17) is 14.9 Å². The molecule has 0 spiro atoms. The number of carbonyl (C=O) groups is 1. The fourth-order valence-corrected chi connectivity index (χ4v) is 3.28. The maximum atomic E-state index is 10.8. The lowest BCUT2D eigenvalue weighted by atomic mass is 9.78. The average Bonchev–Trinajstić information content (AvgIpc) is 2.08. The predicted octanol–water partition coefficient (Wildman–Crippen LogP) is 0.892. The van der Waals surface area contributed by atoms with E-state index in [1.54, 1.807) is 0 Å². The van der Waals surface area contributed by atoms with Gasteiger partial charge in [-0.2, -0.15) is 0 Å². The fraction of sp³-hybridized carbons (Fsp3) is 0.889. The van der Waals surface area contributed by atoms with Crippen LogP contribution in [0.5, 0.6) is 0 Å². The Morgan fingerprint density at radius 1 is 1.10 bits per heavy atom. The Labute approximate surface area is 123 Å². The number of amides is 1. The van der Waals surface area contributed by atoms with Crippen molar-refractivity contribution in [2.75, 3.05) is 0 Å². The van der Waals surface area contributed by atoms with Crippen molar-refractivity contribution >= 4 is 22.6 Å². The smallest absolute Gasteiger partial charge is 0.405 e. The molecule has 126 valence electrons. The van der Waals surface area contributed by atoms with Gasteiger partial charge in [0.2, 0.25) is 0 Å². The van der Waals surface area contributed by atoms with Gasteiger partial charge in [-0.1, -0.05) is 13.8 Å². The lowest BCUT2D eigenvalue weighted by Gasteiger charge is -2.43. The van der Waals surface area contributed by atoms with Crippen LogP contribution in [0.1, 0.15) is 34.1 Å². The van der Waals surface area contributed by atoms with Crippen LogP contribution in [0.25, 0.3) is 0 Å². The van der Waals surface area contributed by atoms with Crippen molar-refractivity contribution in [2.45, 2.75) is 45.6 Å². The summed E-state index contributed by atoms with van der Waals surface area (Å²) < 4.78 is 30.4. The Morgan fingerprint density at radius 2 is 1.48 bits per heavy atom. The van der Waals surface area contributed by atoms with E-state index in [2.05, 4.69) is 14.4 Å². The molecule has 0 saturated carbocycles. The first-order valence-corrected chi connectivity index (χ1v) is 8.31. The zero-order chi connectivity index (χ0) is 17.1. The first-order chi connectivity index (χ1) is 9.21. The van der Waals surface area contributed by atoms with Gasteiger partial charge in [0.05, 0.1) is 0 Å². The first kappa shape index (κ1) is 20.5. The van der Waals surface area contributed by atoms with Crippen molar-refractivity contribution < 1.29 is 43.0 Å². The molecule has 0 saturated heterocycles. The lowest BCUT2D eigenvalue weighted by Crippen LogP contribution is -2.54. The van der Waals surface area contributed by atoms with Crippen LogP contribution in [0.3, 0.4) is 0 Å². The molecule has 0 bridgehead atoms. The van der Waals surface area contributed by atoms with Crippen molar-refractivity contribution in [2.24, 2.45) is 5.41 Å². The van der Waals surface area contributed by atoms with Crippen LogP contribution in [0.2, 0.25) is 0 Å². The number of hydrogen-bond donors (Lipinski definition) is 5. The monoisotopic (exact) mass is 349 g/mol. The van der Waals surface area contributed by atoms with E-state index < -0.39 is 39.5 Å². The Kier molecular flexibility index (Phi) is 7.03. The molecule has 1 amide bonds. The highest BCUT2D eigenvalue weighted by molar-refractivity contribution is 7.33. The van der Waals surface area contributed by atoms with E-state index in [0.29, 0.717) is 0 Å². The maximum Gasteiger partial charge on any atom is 0.405 e. The molecule has 12 heteroatoms. The van der Waals surface area contributed by atoms with Gasteiger partial charge in [-0.3, -0.25) is 18.2 Å². The Bertz CT molecular complexity index is 421. The summed E-state index contributed by atoms with van der Waals surface area (Å²) in [4.78, 5) is 28.3. The number of rotatable bonds is 8. The summed E-state index contributed by atoms with van der Waals surface area (Å²) in [6.45, 7) is 5.64. The van der Waals surface area contributed by atoms with E-state index in [1.165, 1.54) is 27.7 Å². The number of nitrogens with one attached hydrogen (secondary N) is 1. The molecule has 0 heterocycles. The van der Waals surface area contributed by atoms with Gasteiger partial charge in [0.1, 0.15) is 0 Å². The highest BCUT2D eigenvalue weighted by atomic mass is 31.1. The van der Waals surface area contributed by atoms with Crippen LogP contribution in [0, 0.1) is 5.41 Å². The minimum Gasteiger partial charge on any atom is -0.465 e. The van der Waals surface area contributed by atoms with Crippen molar-refractivity contribution in [3.05, 3.63) is 0 Å². The van der Waals surface area contributed by atoms with Gasteiger partial charge in [-0.25, -0.2) is 4.79 Å². The Morgan fingerprint density at radius 3 is 1.76 bits per heavy atom. The molecule has 0 aromatic heterocycles.